The molecule has 0 unspecified atom stereocenters. The Kier molecular flexibility index (Phi) is 3.37. The van der Waals surface area contributed by atoms with E-state index in [0.717, 1.165) is 23.6 Å². The molecular formula is C12H15FN4. The predicted octanol–water partition coefficient (Wildman–Crippen LogP) is 2.15. The summed E-state index contributed by atoms with van der Waals surface area (Å²) >= 11 is 0. The molecule has 0 bridgehead atoms. The molecule has 0 aliphatic carbocycles. The summed E-state index contributed by atoms with van der Waals surface area (Å²) in [5, 5.41) is 7.48. The molecule has 0 aromatic carbocycles. The van der Waals surface area contributed by atoms with E-state index in [1.54, 1.807) is 6.07 Å². The van der Waals surface area contributed by atoms with Crippen LogP contribution >= 0.6 is 0 Å². The molecule has 0 aliphatic heterocycles. The quantitative estimate of drug-likeness (QED) is 0.824. The number of hydrogen-bond acceptors (Lipinski definition) is 3. The van der Waals surface area contributed by atoms with E-state index < -0.39 is 5.95 Å². The first kappa shape index (κ1) is 11.6. The lowest BCUT2D eigenvalue weighted by atomic mass is 10.4. The lowest BCUT2D eigenvalue weighted by Gasteiger charge is -2.07. The van der Waals surface area contributed by atoms with Crippen LogP contribution in [0.15, 0.2) is 24.4 Å². The summed E-state index contributed by atoms with van der Waals surface area (Å²) in [6.45, 7) is 5.44. The van der Waals surface area contributed by atoms with Crippen LogP contribution < -0.4 is 5.32 Å². The molecule has 17 heavy (non-hydrogen) atoms. The largest absolute Gasteiger partial charge is 0.383 e. The second kappa shape index (κ2) is 4.95. The zero-order valence-corrected chi connectivity index (χ0v) is 9.94. The van der Waals surface area contributed by atoms with Crippen molar-refractivity contribution in [2.24, 2.45) is 0 Å². The molecule has 0 saturated heterocycles. The number of aromatic nitrogens is 3. The fourth-order valence-corrected chi connectivity index (χ4v) is 1.72. The Morgan fingerprint density at radius 3 is 2.82 bits per heavy atom. The topological polar surface area (TPSA) is 42.7 Å². The lowest BCUT2D eigenvalue weighted by molar-refractivity contribution is 0.583. The van der Waals surface area contributed by atoms with Crippen molar-refractivity contribution in [1.29, 1.82) is 0 Å². The maximum atomic E-state index is 12.8. The molecule has 5 heteroatoms. The molecule has 0 amide bonds. The monoisotopic (exact) mass is 234 g/mol. The van der Waals surface area contributed by atoms with Gasteiger partial charge in [-0.25, -0.2) is 4.98 Å². The van der Waals surface area contributed by atoms with Crippen molar-refractivity contribution >= 4 is 5.69 Å². The summed E-state index contributed by atoms with van der Waals surface area (Å²) in [5.74, 6) is -0.471. The van der Waals surface area contributed by atoms with Crippen molar-refractivity contribution in [2.45, 2.75) is 20.4 Å². The van der Waals surface area contributed by atoms with Crippen LogP contribution in [-0.2, 0) is 6.54 Å². The van der Waals surface area contributed by atoms with Gasteiger partial charge in [-0.2, -0.15) is 9.49 Å². The van der Waals surface area contributed by atoms with E-state index in [1.165, 1.54) is 12.3 Å². The molecular weight excluding hydrogens is 219 g/mol. The number of hydrogen-bond donors (Lipinski definition) is 1. The van der Waals surface area contributed by atoms with Crippen LogP contribution in [0.1, 0.15) is 11.4 Å². The maximum absolute atomic E-state index is 12.8. The smallest absolute Gasteiger partial charge is 0.214 e. The molecule has 2 aromatic rings. The maximum Gasteiger partial charge on any atom is 0.214 e. The third kappa shape index (κ3) is 3.03. The fraction of sp³-hybridized carbons (Fsp3) is 0.333. The number of rotatable bonds is 4. The van der Waals surface area contributed by atoms with Gasteiger partial charge in [0, 0.05) is 30.2 Å². The van der Waals surface area contributed by atoms with Crippen LogP contribution in [0, 0.1) is 19.8 Å². The number of nitrogens with zero attached hydrogens (tertiary/aromatic N) is 3. The molecule has 0 radical (unpaired) electrons. The van der Waals surface area contributed by atoms with Gasteiger partial charge in [0.25, 0.3) is 0 Å². The van der Waals surface area contributed by atoms with Crippen molar-refractivity contribution in [3.05, 3.63) is 41.7 Å². The fourth-order valence-electron chi connectivity index (χ4n) is 1.72. The Balaban J connectivity index is 1.89. The van der Waals surface area contributed by atoms with Gasteiger partial charge in [-0.1, -0.05) is 0 Å². The number of halogens is 1. The molecule has 2 rings (SSSR count). The molecule has 90 valence electrons. The van der Waals surface area contributed by atoms with E-state index in [9.17, 15) is 4.39 Å². The second-order valence-electron chi connectivity index (χ2n) is 3.94. The van der Waals surface area contributed by atoms with Crippen LogP contribution in [-0.4, -0.2) is 21.3 Å². The average molecular weight is 234 g/mol. The van der Waals surface area contributed by atoms with E-state index >= 15 is 0 Å². The third-order valence-corrected chi connectivity index (χ3v) is 2.48. The molecule has 4 nitrogen and oxygen atoms in total. The summed E-state index contributed by atoms with van der Waals surface area (Å²) in [7, 11) is 0. The van der Waals surface area contributed by atoms with Crippen LogP contribution in [0.4, 0.5) is 10.1 Å². The standard InChI is InChI=1S/C12H15FN4/c1-9-7-10(2)17(16-9)6-5-14-11-3-4-15-12(13)8-11/h3-4,7-8H,5-6H2,1-2H3,(H,14,15). The van der Waals surface area contributed by atoms with Gasteiger partial charge in [0.1, 0.15) is 0 Å². The zero-order chi connectivity index (χ0) is 12.3. The molecule has 0 saturated carbocycles. The van der Waals surface area contributed by atoms with Crippen molar-refractivity contribution in [2.75, 3.05) is 11.9 Å². The highest BCUT2D eigenvalue weighted by Gasteiger charge is 2.00. The Morgan fingerprint density at radius 2 is 2.18 bits per heavy atom. The van der Waals surface area contributed by atoms with Crippen molar-refractivity contribution in [3.8, 4) is 0 Å². The van der Waals surface area contributed by atoms with Gasteiger partial charge in [-0.05, 0) is 26.0 Å². The first-order valence-corrected chi connectivity index (χ1v) is 5.51. The second-order valence-corrected chi connectivity index (χ2v) is 3.94. The SMILES string of the molecule is Cc1cc(C)n(CCNc2ccnc(F)c2)n1. The number of pyridine rings is 1. The summed E-state index contributed by atoms with van der Waals surface area (Å²) in [4.78, 5) is 3.50. The van der Waals surface area contributed by atoms with Gasteiger partial charge in [0.2, 0.25) is 5.95 Å². The van der Waals surface area contributed by atoms with E-state index in [4.69, 9.17) is 0 Å². The molecule has 0 spiro atoms. The zero-order valence-electron chi connectivity index (χ0n) is 9.94. The predicted molar refractivity (Wildman–Crippen MR) is 64.4 cm³/mol. The van der Waals surface area contributed by atoms with Gasteiger partial charge in [-0.3, -0.25) is 4.68 Å². The van der Waals surface area contributed by atoms with Gasteiger partial charge in [-0.15, -0.1) is 0 Å². The van der Waals surface area contributed by atoms with Crippen molar-refractivity contribution in [1.82, 2.24) is 14.8 Å². The normalized spacial score (nSPS) is 10.5. The summed E-state index contributed by atoms with van der Waals surface area (Å²) in [5.41, 5.74) is 2.88. The Morgan fingerprint density at radius 1 is 1.35 bits per heavy atom. The molecule has 0 fully saturated rings. The number of nitrogens with one attached hydrogen (secondary N) is 1. The summed E-state index contributed by atoms with van der Waals surface area (Å²) in [6.07, 6.45) is 1.45. The van der Waals surface area contributed by atoms with Crippen LogP contribution in [0.5, 0.6) is 0 Å². The minimum absolute atomic E-state index is 0.471. The first-order valence-electron chi connectivity index (χ1n) is 5.51. The molecule has 0 aliphatic rings. The Bertz CT molecular complexity index is 507. The van der Waals surface area contributed by atoms with Crippen LogP contribution in [0.3, 0.4) is 0 Å². The summed E-state index contributed by atoms with van der Waals surface area (Å²) < 4.78 is 14.7. The molecule has 0 atom stereocenters. The van der Waals surface area contributed by atoms with Crippen molar-refractivity contribution < 1.29 is 4.39 Å². The average Bonchev–Trinajstić information content (AvgIpc) is 2.58. The highest BCUT2D eigenvalue weighted by molar-refractivity contribution is 5.40. The Labute approximate surface area is 99.5 Å². The minimum atomic E-state index is -0.471. The highest BCUT2D eigenvalue weighted by atomic mass is 19.1. The lowest BCUT2D eigenvalue weighted by Crippen LogP contribution is -2.12. The third-order valence-electron chi connectivity index (χ3n) is 2.48. The minimum Gasteiger partial charge on any atom is -0.383 e. The van der Waals surface area contributed by atoms with Crippen molar-refractivity contribution in [3.63, 3.8) is 0 Å². The van der Waals surface area contributed by atoms with Gasteiger partial charge >= 0.3 is 0 Å². The highest BCUT2D eigenvalue weighted by Crippen LogP contribution is 2.06. The Hall–Kier alpha value is -1.91. The van der Waals surface area contributed by atoms with Crippen LogP contribution in [0.2, 0.25) is 0 Å². The van der Waals surface area contributed by atoms with Crippen LogP contribution in [0.25, 0.3) is 0 Å². The number of aryl methyl sites for hydroxylation is 2. The molecule has 1 N–H and O–H groups in total. The van der Waals surface area contributed by atoms with E-state index in [-0.39, 0.29) is 0 Å². The summed E-state index contributed by atoms with van der Waals surface area (Å²) in [6, 6.07) is 5.15. The van der Waals surface area contributed by atoms with Gasteiger partial charge in [0.05, 0.1) is 12.2 Å². The first-order chi connectivity index (χ1) is 8.15. The van der Waals surface area contributed by atoms with E-state index in [2.05, 4.69) is 15.4 Å². The van der Waals surface area contributed by atoms with E-state index in [0.29, 0.717) is 6.54 Å². The number of anilines is 1. The van der Waals surface area contributed by atoms with Gasteiger partial charge < -0.3 is 5.32 Å². The van der Waals surface area contributed by atoms with E-state index in [1.807, 2.05) is 24.6 Å². The molecule has 2 aromatic heterocycles. The van der Waals surface area contributed by atoms with Gasteiger partial charge in [0.15, 0.2) is 0 Å². The molecule has 2 heterocycles.